The molecule has 1 N–H and O–H groups in total. The highest BCUT2D eigenvalue weighted by Gasteiger charge is 2.26. The molecule has 1 fully saturated rings. The lowest BCUT2D eigenvalue weighted by molar-refractivity contribution is 0.0661. The highest BCUT2D eigenvalue weighted by Crippen LogP contribution is 2.15. The summed E-state index contributed by atoms with van der Waals surface area (Å²) in [4.78, 5) is 14.5. The van der Waals surface area contributed by atoms with Crippen LogP contribution in [-0.4, -0.2) is 46.3 Å². The molecule has 1 unspecified atom stereocenters. The summed E-state index contributed by atoms with van der Waals surface area (Å²) in [6, 6.07) is 0.316. The van der Waals surface area contributed by atoms with E-state index in [4.69, 9.17) is 0 Å². The Kier molecular flexibility index (Phi) is 4.01. The first kappa shape index (κ1) is 13.1. The minimum atomic E-state index is 0.108. The molecule has 2 heterocycles. The third-order valence-corrected chi connectivity index (χ3v) is 3.56. The molecule has 100 valence electrons. The standard InChI is InChI=1S/C13H22N4O/c1-4-17(11-6-5-7-14-8-11)13(18)12-9-16(3)15-10(12)2/h9,11,14H,4-8H2,1-3H3. The molecule has 1 aliphatic heterocycles. The van der Waals surface area contributed by atoms with Crippen LogP contribution in [0.4, 0.5) is 0 Å². The molecule has 0 radical (unpaired) electrons. The molecule has 1 aromatic rings. The van der Waals surface area contributed by atoms with Gasteiger partial charge in [0.2, 0.25) is 0 Å². The van der Waals surface area contributed by atoms with E-state index in [-0.39, 0.29) is 5.91 Å². The minimum Gasteiger partial charge on any atom is -0.335 e. The molecule has 1 amide bonds. The number of nitrogens with zero attached hydrogens (tertiary/aromatic N) is 3. The SMILES string of the molecule is CCN(C(=O)c1cn(C)nc1C)C1CCCNC1. The number of hydrogen-bond donors (Lipinski definition) is 1. The summed E-state index contributed by atoms with van der Waals surface area (Å²) in [5, 5.41) is 7.61. The summed E-state index contributed by atoms with van der Waals surface area (Å²) in [5.74, 6) is 0.108. The van der Waals surface area contributed by atoms with E-state index in [0.717, 1.165) is 43.7 Å². The maximum Gasteiger partial charge on any atom is 0.257 e. The monoisotopic (exact) mass is 250 g/mol. The van der Waals surface area contributed by atoms with Gasteiger partial charge in [0.05, 0.1) is 11.3 Å². The van der Waals surface area contributed by atoms with Gasteiger partial charge in [0, 0.05) is 32.4 Å². The van der Waals surface area contributed by atoms with Gasteiger partial charge >= 0.3 is 0 Å². The minimum absolute atomic E-state index is 0.108. The van der Waals surface area contributed by atoms with Crippen molar-refractivity contribution in [3.63, 3.8) is 0 Å². The van der Waals surface area contributed by atoms with Crippen LogP contribution in [0.5, 0.6) is 0 Å². The highest BCUT2D eigenvalue weighted by molar-refractivity contribution is 5.95. The predicted octanol–water partition coefficient (Wildman–Crippen LogP) is 0.943. The van der Waals surface area contributed by atoms with Crippen LogP contribution in [-0.2, 0) is 7.05 Å². The van der Waals surface area contributed by atoms with Crippen LogP contribution in [0.15, 0.2) is 6.20 Å². The van der Waals surface area contributed by atoms with Crippen LogP contribution in [0, 0.1) is 6.92 Å². The average molecular weight is 250 g/mol. The normalized spacial score (nSPS) is 19.8. The van der Waals surface area contributed by atoms with E-state index in [9.17, 15) is 4.79 Å². The zero-order chi connectivity index (χ0) is 13.1. The van der Waals surface area contributed by atoms with Gasteiger partial charge in [0.1, 0.15) is 0 Å². The van der Waals surface area contributed by atoms with E-state index < -0.39 is 0 Å². The second kappa shape index (κ2) is 5.52. The topological polar surface area (TPSA) is 50.2 Å². The molecule has 1 aromatic heterocycles. The quantitative estimate of drug-likeness (QED) is 0.868. The first-order valence-electron chi connectivity index (χ1n) is 6.65. The van der Waals surface area contributed by atoms with Crippen molar-refractivity contribution in [3.05, 3.63) is 17.5 Å². The Morgan fingerprint density at radius 3 is 2.94 bits per heavy atom. The first-order chi connectivity index (χ1) is 8.63. The molecule has 1 saturated heterocycles. The van der Waals surface area contributed by atoms with E-state index in [1.54, 1.807) is 4.68 Å². The van der Waals surface area contributed by atoms with Gasteiger partial charge in [-0.05, 0) is 33.2 Å². The number of rotatable bonds is 3. The largest absolute Gasteiger partial charge is 0.335 e. The van der Waals surface area contributed by atoms with Gasteiger partial charge in [-0.25, -0.2) is 0 Å². The fourth-order valence-electron chi connectivity index (χ4n) is 2.63. The van der Waals surface area contributed by atoms with Crippen molar-refractivity contribution in [2.24, 2.45) is 7.05 Å². The molecule has 0 bridgehead atoms. The van der Waals surface area contributed by atoms with Crippen molar-refractivity contribution in [1.29, 1.82) is 0 Å². The van der Waals surface area contributed by atoms with Crippen LogP contribution in [0.2, 0.25) is 0 Å². The maximum atomic E-state index is 12.6. The van der Waals surface area contributed by atoms with E-state index in [2.05, 4.69) is 10.4 Å². The van der Waals surface area contributed by atoms with Crippen LogP contribution in [0.3, 0.4) is 0 Å². The maximum absolute atomic E-state index is 12.6. The number of nitrogens with one attached hydrogen (secondary N) is 1. The fraction of sp³-hybridized carbons (Fsp3) is 0.692. The zero-order valence-electron chi connectivity index (χ0n) is 11.4. The molecular formula is C13H22N4O. The van der Waals surface area contributed by atoms with Crippen molar-refractivity contribution < 1.29 is 4.79 Å². The first-order valence-corrected chi connectivity index (χ1v) is 6.65. The van der Waals surface area contributed by atoms with E-state index in [1.807, 2.05) is 32.0 Å². The second-order valence-corrected chi connectivity index (χ2v) is 4.89. The Bertz CT molecular complexity index is 421. The molecule has 0 saturated carbocycles. The summed E-state index contributed by atoms with van der Waals surface area (Å²) >= 11 is 0. The Morgan fingerprint density at radius 2 is 2.44 bits per heavy atom. The van der Waals surface area contributed by atoms with Crippen molar-refractivity contribution in [2.45, 2.75) is 32.7 Å². The van der Waals surface area contributed by atoms with Crippen LogP contribution in [0.25, 0.3) is 0 Å². The van der Waals surface area contributed by atoms with Crippen molar-refractivity contribution in [3.8, 4) is 0 Å². The third kappa shape index (κ3) is 2.56. The lowest BCUT2D eigenvalue weighted by Gasteiger charge is -2.33. The zero-order valence-corrected chi connectivity index (χ0v) is 11.4. The third-order valence-electron chi connectivity index (χ3n) is 3.56. The summed E-state index contributed by atoms with van der Waals surface area (Å²) < 4.78 is 1.70. The van der Waals surface area contributed by atoms with Crippen molar-refractivity contribution in [2.75, 3.05) is 19.6 Å². The smallest absolute Gasteiger partial charge is 0.257 e. The number of aryl methyl sites for hydroxylation is 2. The molecule has 2 rings (SSSR count). The van der Waals surface area contributed by atoms with Crippen LogP contribution in [0.1, 0.15) is 35.8 Å². The van der Waals surface area contributed by atoms with Gasteiger partial charge in [-0.1, -0.05) is 0 Å². The number of likely N-dealkylation sites (N-methyl/N-ethyl adjacent to an activating group) is 1. The molecular weight excluding hydrogens is 228 g/mol. The van der Waals surface area contributed by atoms with Gasteiger partial charge in [-0.2, -0.15) is 5.10 Å². The highest BCUT2D eigenvalue weighted by atomic mass is 16.2. The molecule has 0 aromatic carbocycles. The van der Waals surface area contributed by atoms with Gasteiger partial charge < -0.3 is 10.2 Å². The van der Waals surface area contributed by atoms with E-state index in [0.29, 0.717) is 6.04 Å². The number of aromatic nitrogens is 2. The fourth-order valence-corrected chi connectivity index (χ4v) is 2.63. The number of piperidine rings is 1. The molecule has 1 atom stereocenters. The van der Waals surface area contributed by atoms with E-state index in [1.165, 1.54) is 0 Å². The molecule has 5 heteroatoms. The molecule has 18 heavy (non-hydrogen) atoms. The second-order valence-electron chi connectivity index (χ2n) is 4.89. The number of amides is 1. The Hall–Kier alpha value is -1.36. The molecule has 1 aliphatic rings. The summed E-state index contributed by atoms with van der Waals surface area (Å²) in [7, 11) is 1.85. The number of hydrogen-bond acceptors (Lipinski definition) is 3. The number of carbonyl (C=O) groups is 1. The van der Waals surface area contributed by atoms with Crippen molar-refractivity contribution in [1.82, 2.24) is 20.0 Å². The Labute approximate surface area is 108 Å². The van der Waals surface area contributed by atoms with E-state index >= 15 is 0 Å². The Morgan fingerprint density at radius 1 is 1.67 bits per heavy atom. The molecule has 5 nitrogen and oxygen atoms in total. The van der Waals surface area contributed by atoms with Gasteiger partial charge in [-0.3, -0.25) is 9.48 Å². The average Bonchev–Trinajstić information content (AvgIpc) is 2.70. The summed E-state index contributed by atoms with van der Waals surface area (Å²) in [6.07, 6.45) is 4.04. The molecule has 0 spiro atoms. The van der Waals surface area contributed by atoms with Crippen LogP contribution < -0.4 is 5.32 Å². The lowest BCUT2D eigenvalue weighted by atomic mass is 10.0. The lowest BCUT2D eigenvalue weighted by Crippen LogP contribution is -2.48. The number of carbonyl (C=O) groups excluding carboxylic acids is 1. The van der Waals surface area contributed by atoms with Gasteiger partial charge in [0.25, 0.3) is 5.91 Å². The Balaban J connectivity index is 2.16. The van der Waals surface area contributed by atoms with Crippen molar-refractivity contribution >= 4 is 5.91 Å². The molecule has 0 aliphatic carbocycles. The van der Waals surface area contributed by atoms with Gasteiger partial charge in [0.15, 0.2) is 0 Å². The summed E-state index contributed by atoms with van der Waals surface area (Å²) in [5.41, 5.74) is 1.54. The van der Waals surface area contributed by atoms with Crippen LogP contribution >= 0.6 is 0 Å². The van der Waals surface area contributed by atoms with Gasteiger partial charge in [-0.15, -0.1) is 0 Å². The summed E-state index contributed by atoms with van der Waals surface area (Å²) in [6.45, 7) is 6.64. The predicted molar refractivity (Wildman–Crippen MR) is 70.5 cm³/mol.